The Balaban J connectivity index is 1.79. The van der Waals surface area contributed by atoms with Crippen LogP contribution in [-0.4, -0.2) is 22.9 Å². The smallest absolute Gasteiger partial charge is 0.321 e. The van der Waals surface area contributed by atoms with Crippen molar-refractivity contribution in [1.29, 1.82) is 0 Å². The molecular formula is C14H12ClNO3S. The van der Waals surface area contributed by atoms with Crippen molar-refractivity contribution < 1.29 is 14.3 Å². The molecule has 2 N–H and O–H groups in total. The third-order valence-electron chi connectivity index (χ3n) is 3.07. The van der Waals surface area contributed by atoms with E-state index in [1.54, 1.807) is 6.07 Å². The summed E-state index contributed by atoms with van der Waals surface area (Å²) in [6, 6.07) is 10.6. The summed E-state index contributed by atoms with van der Waals surface area (Å²) < 4.78 is 5.80. The molecule has 4 nitrogen and oxygen atoms in total. The largest absolute Gasteiger partial charge is 0.480 e. The summed E-state index contributed by atoms with van der Waals surface area (Å²) in [5.41, 5.74) is 0.904. The lowest BCUT2D eigenvalue weighted by Gasteiger charge is -2.07. The monoisotopic (exact) mass is 309 g/mol. The molecule has 1 aromatic carbocycles. The number of thioether (sulfide) groups is 1. The first kappa shape index (κ1) is 13.5. The van der Waals surface area contributed by atoms with Crippen LogP contribution < -0.4 is 5.32 Å². The molecule has 0 amide bonds. The molecule has 1 saturated heterocycles. The van der Waals surface area contributed by atoms with Crippen LogP contribution in [0.25, 0.3) is 11.3 Å². The van der Waals surface area contributed by atoms with E-state index in [4.69, 9.17) is 21.1 Å². The fourth-order valence-corrected chi connectivity index (χ4v) is 3.43. The molecule has 2 atom stereocenters. The fourth-order valence-electron chi connectivity index (χ4n) is 2.07. The minimum absolute atomic E-state index is 0.121. The van der Waals surface area contributed by atoms with Crippen molar-refractivity contribution in [3.63, 3.8) is 0 Å². The second-order valence-electron chi connectivity index (χ2n) is 4.48. The number of carboxylic acid groups (broad SMARTS) is 1. The highest BCUT2D eigenvalue weighted by Gasteiger charge is 2.32. The number of rotatable bonds is 3. The lowest BCUT2D eigenvalue weighted by molar-refractivity contribution is -0.138. The molecule has 6 heteroatoms. The summed E-state index contributed by atoms with van der Waals surface area (Å²) in [6.45, 7) is 0. The van der Waals surface area contributed by atoms with Gasteiger partial charge in [0.05, 0.1) is 0 Å². The van der Waals surface area contributed by atoms with Crippen molar-refractivity contribution in [2.45, 2.75) is 11.4 Å². The number of hydrogen-bond acceptors (Lipinski definition) is 4. The van der Waals surface area contributed by atoms with Gasteiger partial charge in [0.2, 0.25) is 0 Å². The Kier molecular flexibility index (Phi) is 3.74. The molecule has 1 aliphatic rings. The molecule has 0 unspecified atom stereocenters. The third kappa shape index (κ3) is 2.70. The minimum atomic E-state index is -0.832. The molecule has 0 radical (unpaired) electrons. The van der Waals surface area contributed by atoms with E-state index < -0.39 is 12.0 Å². The highest BCUT2D eigenvalue weighted by Crippen LogP contribution is 2.36. The van der Waals surface area contributed by atoms with Crippen LogP contribution in [0.4, 0.5) is 0 Å². The molecule has 0 spiro atoms. The highest BCUT2D eigenvalue weighted by molar-refractivity contribution is 7.99. The number of aliphatic carboxylic acids is 1. The first-order chi connectivity index (χ1) is 9.63. The maximum absolute atomic E-state index is 10.9. The molecule has 0 saturated carbocycles. The molecule has 1 aromatic heterocycles. The van der Waals surface area contributed by atoms with Gasteiger partial charge in [-0.2, -0.15) is 0 Å². The number of halogens is 1. The summed E-state index contributed by atoms with van der Waals surface area (Å²) in [4.78, 5) is 10.9. The van der Waals surface area contributed by atoms with Gasteiger partial charge in [-0.15, -0.1) is 11.8 Å². The zero-order valence-corrected chi connectivity index (χ0v) is 11.9. The molecule has 0 bridgehead atoms. The molecule has 2 aromatic rings. The number of carboxylic acids is 1. The zero-order valence-electron chi connectivity index (χ0n) is 10.4. The Labute approximate surface area is 125 Å². The van der Waals surface area contributed by atoms with Crippen LogP contribution >= 0.6 is 23.4 Å². The summed E-state index contributed by atoms with van der Waals surface area (Å²) in [5, 5.41) is 12.5. The number of carbonyl (C=O) groups is 1. The van der Waals surface area contributed by atoms with Crippen LogP contribution in [-0.2, 0) is 4.79 Å². The Bertz CT molecular complexity index is 643. The fraction of sp³-hybridized carbons (Fsp3) is 0.214. The second kappa shape index (κ2) is 5.52. The number of nitrogens with one attached hydrogen (secondary N) is 1. The van der Waals surface area contributed by atoms with Crippen LogP contribution in [0.15, 0.2) is 40.8 Å². The van der Waals surface area contributed by atoms with E-state index in [9.17, 15) is 4.79 Å². The quantitative estimate of drug-likeness (QED) is 0.910. The van der Waals surface area contributed by atoms with E-state index in [1.165, 1.54) is 11.8 Å². The summed E-state index contributed by atoms with van der Waals surface area (Å²) in [7, 11) is 0. The maximum atomic E-state index is 10.9. The molecule has 2 heterocycles. The summed E-state index contributed by atoms with van der Waals surface area (Å²) >= 11 is 7.49. The first-order valence-corrected chi connectivity index (χ1v) is 7.52. The second-order valence-corrected chi connectivity index (χ2v) is 6.06. The lowest BCUT2D eigenvalue weighted by Crippen LogP contribution is -2.33. The van der Waals surface area contributed by atoms with Gasteiger partial charge in [-0.3, -0.25) is 10.1 Å². The topological polar surface area (TPSA) is 62.5 Å². The number of benzene rings is 1. The maximum Gasteiger partial charge on any atom is 0.321 e. The van der Waals surface area contributed by atoms with E-state index in [0.29, 0.717) is 10.8 Å². The highest BCUT2D eigenvalue weighted by atomic mass is 35.5. The normalized spacial score (nSPS) is 22.1. The zero-order chi connectivity index (χ0) is 14.1. The van der Waals surface area contributed by atoms with E-state index in [1.807, 2.05) is 30.3 Å². The van der Waals surface area contributed by atoms with Crippen molar-refractivity contribution >= 4 is 29.3 Å². The Morgan fingerprint density at radius 2 is 2.25 bits per heavy atom. The molecule has 3 rings (SSSR count). The minimum Gasteiger partial charge on any atom is -0.480 e. The summed E-state index contributed by atoms with van der Waals surface area (Å²) in [5.74, 6) is 1.16. The van der Waals surface area contributed by atoms with E-state index >= 15 is 0 Å². The van der Waals surface area contributed by atoms with Crippen molar-refractivity contribution in [3.05, 3.63) is 47.2 Å². The average Bonchev–Trinajstić information content (AvgIpc) is 3.08. The first-order valence-electron chi connectivity index (χ1n) is 6.09. The molecule has 0 aliphatic carbocycles. The Morgan fingerprint density at radius 3 is 2.95 bits per heavy atom. The van der Waals surface area contributed by atoms with Crippen LogP contribution in [0.5, 0.6) is 0 Å². The van der Waals surface area contributed by atoms with Crippen molar-refractivity contribution in [2.75, 3.05) is 5.75 Å². The van der Waals surface area contributed by atoms with Gasteiger partial charge in [-0.25, -0.2) is 0 Å². The molecular weight excluding hydrogens is 298 g/mol. The lowest BCUT2D eigenvalue weighted by atomic mass is 10.2. The van der Waals surface area contributed by atoms with Gasteiger partial charge in [0.15, 0.2) is 0 Å². The van der Waals surface area contributed by atoms with E-state index in [-0.39, 0.29) is 5.37 Å². The van der Waals surface area contributed by atoms with E-state index in [0.717, 1.165) is 17.1 Å². The van der Waals surface area contributed by atoms with Gasteiger partial charge < -0.3 is 9.52 Å². The molecule has 20 heavy (non-hydrogen) atoms. The molecule has 104 valence electrons. The number of hydrogen-bond donors (Lipinski definition) is 2. The third-order valence-corrected chi connectivity index (χ3v) is 4.54. The molecule has 1 fully saturated rings. The standard InChI is InChI=1S/C14H12ClNO3S/c15-9-3-1-2-8(6-9)11-4-5-12(19-11)13-16-10(7-20-13)14(17)18/h1-6,10,13,16H,7H2,(H,17,18)/t10-,13-/m0/s1. The van der Waals surface area contributed by atoms with Crippen molar-refractivity contribution in [2.24, 2.45) is 0 Å². The van der Waals surface area contributed by atoms with Crippen LogP contribution in [0, 0.1) is 0 Å². The number of furan rings is 1. The molecule has 1 aliphatic heterocycles. The van der Waals surface area contributed by atoms with Crippen molar-refractivity contribution in [3.8, 4) is 11.3 Å². The Morgan fingerprint density at radius 1 is 1.40 bits per heavy atom. The van der Waals surface area contributed by atoms with Crippen molar-refractivity contribution in [1.82, 2.24) is 5.32 Å². The van der Waals surface area contributed by atoms with Gasteiger partial charge in [0, 0.05) is 16.3 Å². The predicted octanol–water partition coefficient (Wildman–Crippen LogP) is 3.39. The van der Waals surface area contributed by atoms with Gasteiger partial charge >= 0.3 is 5.97 Å². The SMILES string of the molecule is O=C(O)[C@@H]1CS[C@@H](c2ccc(-c3cccc(Cl)c3)o2)N1. The van der Waals surface area contributed by atoms with Crippen LogP contribution in [0.1, 0.15) is 11.1 Å². The van der Waals surface area contributed by atoms with Gasteiger partial charge in [-0.05, 0) is 24.3 Å². The van der Waals surface area contributed by atoms with Crippen LogP contribution in [0.2, 0.25) is 5.02 Å². The summed E-state index contributed by atoms with van der Waals surface area (Å²) in [6.07, 6.45) is 0. The average molecular weight is 310 g/mol. The van der Waals surface area contributed by atoms with Gasteiger partial charge in [0.25, 0.3) is 0 Å². The van der Waals surface area contributed by atoms with Gasteiger partial charge in [0.1, 0.15) is 22.9 Å². The Hall–Kier alpha value is -1.43. The van der Waals surface area contributed by atoms with Crippen LogP contribution in [0.3, 0.4) is 0 Å². The van der Waals surface area contributed by atoms with E-state index in [2.05, 4.69) is 5.32 Å². The predicted molar refractivity (Wildman–Crippen MR) is 78.9 cm³/mol. The van der Waals surface area contributed by atoms with Gasteiger partial charge in [-0.1, -0.05) is 23.7 Å².